The number of carbonyl (C=O) groups excluding carboxylic acids is 1. The highest BCUT2D eigenvalue weighted by Gasteiger charge is 2.21. The van der Waals surface area contributed by atoms with Crippen LogP contribution < -0.4 is 24.3 Å². The average molecular weight is 634 g/mol. The van der Waals surface area contributed by atoms with Crippen molar-refractivity contribution >= 4 is 39.4 Å². The second-order valence-electron chi connectivity index (χ2n) is 10.7. The second kappa shape index (κ2) is 13.1. The summed E-state index contributed by atoms with van der Waals surface area (Å²) in [7, 11) is 5.95. The number of aromatic hydroxyl groups is 1. The highest BCUT2D eigenvalue weighted by atomic mass is 19.1. The summed E-state index contributed by atoms with van der Waals surface area (Å²) < 4.78 is 36.2. The maximum absolute atomic E-state index is 14.3. The van der Waals surface area contributed by atoms with Gasteiger partial charge in [0.25, 0.3) is 5.91 Å². The van der Waals surface area contributed by atoms with E-state index in [4.69, 9.17) is 23.9 Å². The molecule has 0 atom stereocenters. The molecule has 1 amide bonds. The lowest BCUT2D eigenvalue weighted by Crippen LogP contribution is -2.24. The van der Waals surface area contributed by atoms with Crippen LogP contribution in [0, 0.1) is 5.82 Å². The van der Waals surface area contributed by atoms with Gasteiger partial charge in [0.2, 0.25) is 5.75 Å². The van der Waals surface area contributed by atoms with Gasteiger partial charge in [-0.25, -0.2) is 9.37 Å². The zero-order valence-corrected chi connectivity index (χ0v) is 26.2. The first-order valence-corrected chi connectivity index (χ1v) is 14.7. The Morgan fingerprint density at radius 3 is 2.30 bits per heavy atom. The molecule has 10 heteroatoms. The highest BCUT2D eigenvalue weighted by molar-refractivity contribution is 6.24. The van der Waals surface area contributed by atoms with E-state index in [9.17, 15) is 14.3 Å². The molecule has 0 aliphatic carbocycles. The van der Waals surface area contributed by atoms with Gasteiger partial charge in [-0.2, -0.15) is 0 Å². The van der Waals surface area contributed by atoms with Crippen molar-refractivity contribution in [2.75, 3.05) is 28.4 Å². The van der Waals surface area contributed by atoms with E-state index in [1.54, 1.807) is 42.5 Å². The molecule has 0 radical (unpaired) electrons. The molecule has 2 heterocycles. The number of halogens is 1. The van der Waals surface area contributed by atoms with E-state index in [-0.39, 0.29) is 29.4 Å². The van der Waals surface area contributed by atoms with Crippen molar-refractivity contribution in [3.8, 4) is 40.0 Å². The van der Waals surface area contributed by atoms with E-state index in [1.807, 2.05) is 30.3 Å². The summed E-state index contributed by atoms with van der Waals surface area (Å²) in [5.41, 5.74) is 4.80. The molecule has 0 fully saturated rings. The maximum atomic E-state index is 14.3. The van der Waals surface area contributed by atoms with Gasteiger partial charge in [-0.15, -0.1) is 0 Å². The molecule has 2 aromatic heterocycles. The number of benzene rings is 4. The van der Waals surface area contributed by atoms with Crippen LogP contribution in [0.15, 0.2) is 84.9 Å². The molecule has 6 aromatic rings. The number of phenols is 1. The van der Waals surface area contributed by atoms with Gasteiger partial charge in [0.1, 0.15) is 5.82 Å². The number of H-pyrrole nitrogens is 1. The quantitative estimate of drug-likeness (QED) is 0.109. The van der Waals surface area contributed by atoms with Gasteiger partial charge >= 0.3 is 0 Å². The van der Waals surface area contributed by atoms with Crippen molar-refractivity contribution in [3.63, 3.8) is 0 Å². The SMILES string of the molecule is COc1cc(/C=C(/C(=O)NCc2cc3c([nH]c4ccccc43)c(-c3cccc(F)c3)n2)c2cc(OC)c(OC)c(OC)c2)ccc1O. The van der Waals surface area contributed by atoms with Gasteiger partial charge in [-0.05, 0) is 65.7 Å². The maximum Gasteiger partial charge on any atom is 0.252 e. The first kappa shape index (κ1) is 31.0. The molecule has 9 nitrogen and oxygen atoms in total. The minimum absolute atomic E-state index is 0.0312. The number of aromatic amines is 1. The smallest absolute Gasteiger partial charge is 0.252 e. The Balaban J connectivity index is 1.43. The number of methoxy groups -OCH3 is 4. The van der Waals surface area contributed by atoms with Crippen molar-refractivity contribution in [3.05, 3.63) is 108 Å². The number of ether oxygens (including phenoxy) is 4. The summed E-state index contributed by atoms with van der Waals surface area (Å²) in [5.74, 6) is 0.550. The van der Waals surface area contributed by atoms with Gasteiger partial charge in [0.05, 0.1) is 51.9 Å². The Kier molecular flexibility index (Phi) is 8.66. The van der Waals surface area contributed by atoms with E-state index in [2.05, 4.69) is 10.3 Å². The summed E-state index contributed by atoms with van der Waals surface area (Å²) in [5, 5.41) is 15.0. The van der Waals surface area contributed by atoms with Crippen LogP contribution in [0.2, 0.25) is 0 Å². The summed E-state index contributed by atoms with van der Waals surface area (Å²) in [6.45, 7) is 0.0667. The first-order chi connectivity index (χ1) is 22.8. The van der Waals surface area contributed by atoms with Crippen molar-refractivity contribution in [2.45, 2.75) is 6.54 Å². The molecule has 6 rings (SSSR count). The molecule has 0 aliphatic heterocycles. The van der Waals surface area contributed by atoms with E-state index in [0.717, 1.165) is 21.8 Å². The number of para-hydroxylation sites is 1. The molecule has 0 bridgehead atoms. The number of nitrogens with one attached hydrogen (secondary N) is 2. The lowest BCUT2D eigenvalue weighted by molar-refractivity contribution is -0.115. The minimum atomic E-state index is -0.417. The Hall–Kier alpha value is -6.03. The number of rotatable bonds is 10. The van der Waals surface area contributed by atoms with Crippen LogP contribution in [0.25, 0.3) is 44.7 Å². The molecule has 0 spiro atoms. The van der Waals surface area contributed by atoms with Gasteiger partial charge < -0.3 is 34.4 Å². The van der Waals surface area contributed by atoms with E-state index >= 15 is 0 Å². The van der Waals surface area contributed by atoms with Gasteiger partial charge in [0, 0.05) is 27.4 Å². The van der Waals surface area contributed by atoms with E-state index < -0.39 is 5.91 Å². The molecule has 47 heavy (non-hydrogen) atoms. The van der Waals surface area contributed by atoms with Crippen molar-refractivity contribution < 1.29 is 33.2 Å². The third kappa shape index (κ3) is 6.13. The van der Waals surface area contributed by atoms with Gasteiger partial charge in [0.15, 0.2) is 23.0 Å². The number of pyridine rings is 1. The molecular formula is C37H32FN3O6. The minimum Gasteiger partial charge on any atom is -0.504 e. The van der Waals surface area contributed by atoms with Crippen LogP contribution in [0.1, 0.15) is 16.8 Å². The molecule has 4 aromatic carbocycles. The fourth-order valence-electron chi connectivity index (χ4n) is 5.57. The number of carbonyl (C=O) groups is 1. The normalized spacial score (nSPS) is 11.5. The Bertz CT molecular complexity index is 2130. The zero-order valence-electron chi connectivity index (χ0n) is 26.2. The van der Waals surface area contributed by atoms with E-state index in [1.165, 1.54) is 46.6 Å². The van der Waals surface area contributed by atoms with Crippen LogP contribution in [-0.2, 0) is 11.3 Å². The van der Waals surface area contributed by atoms with Crippen LogP contribution in [0.5, 0.6) is 28.7 Å². The summed E-state index contributed by atoms with van der Waals surface area (Å²) in [6.07, 6.45) is 1.67. The number of aromatic nitrogens is 2. The lowest BCUT2D eigenvalue weighted by atomic mass is 10.00. The Morgan fingerprint density at radius 1 is 0.851 bits per heavy atom. The standard InChI is InChI=1S/C37H32FN3O6/c1-44-31-15-21(12-13-30(31)42)14-27(23-17-32(45-2)36(47-4)33(18-23)46-3)37(43)39-20-25-19-28-26-10-5-6-11-29(26)41-35(28)34(40-25)22-8-7-9-24(38)16-22/h5-19,41-42H,20H2,1-4H3,(H,39,43)/b27-14+. The van der Waals surface area contributed by atoms with Crippen LogP contribution in [0.4, 0.5) is 4.39 Å². The van der Waals surface area contributed by atoms with Crippen LogP contribution in [-0.4, -0.2) is 49.4 Å². The molecule has 3 N–H and O–H groups in total. The fourth-order valence-corrected chi connectivity index (χ4v) is 5.57. The largest absolute Gasteiger partial charge is 0.504 e. The Morgan fingerprint density at radius 2 is 1.60 bits per heavy atom. The summed E-state index contributed by atoms with van der Waals surface area (Å²) in [6, 6.07) is 24.2. The topological polar surface area (TPSA) is 115 Å². The lowest BCUT2D eigenvalue weighted by Gasteiger charge is -2.16. The van der Waals surface area contributed by atoms with Crippen LogP contribution >= 0.6 is 0 Å². The number of hydrogen-bond acceptors (Lipinski definition) is 7. The number of fused-ring (bicyclic) bond motifs is 3. The molecule has 0 saturated carbocycles. The second-order valence-corrected chi connectivity index (χ2v) is 10.7. The monoisotopic (exact) mass is 633 g/mol. The Labute approximate surface area is 270 Å². The molecular weight excluding hydrogens is 601 g/mol. The fraction of sp³-hybridized carbons (Fsp3) is 0.135. The average Bonchev–Trinajstić information content (AvgIpc) is 3.47. The van der Waals surface area contributed by atoms with Crippen LogP contribution in [0.3, 0.4) is 0 Å². The van der Waals surface area contributed by atoms with E-state index in [0.29, 0.717) is 45.3 Å². The number of nitrogens with zero attached hydrogens (tertiary/aromatic N) is 1. The molecule has 0 unspecified atom stereocenters. The highest BCUT2D eigenvalue weighted by Crippen LogP contribution is 2.41. The van der Waals surface area contributed by atoms with Gasteiger partial charge in [-0.1, -0.05) is 36.4 Å². The van der Waals surface area contributed by atoms with Gasteiger partial charge in [-0.3, -0.25) is 4.79 Å². The summed E-state index contributed by atoms with van der Waals surface area (Å²) in [4.78, 5) is 22.4. The summed E-state index contributed by atoms with van der Waals surface area (Å²) >= 11 is 0. The van der Waals surface area contributed by atoms with Crippen molar-refractivity contribution in [2.24, 2.45) is 0 Å². The zero-order chi connectivity index (χ0) is 33.1. The third-order valence-corrected chi connectivity index (χ3v) is 7.81. The molecule has 0 saturated heterocycles. The predicted molar refractivity (Wildman–Crippen MR) is 179 cm³/mol. The van der Waals surface area contributed by atoms with Crippen molar-refractivity contribution in [1.82, 2.24) is 15.3 Å². The third-order valence-electron chi connectivity index (χ3n) is 7.81. The number of hydrogen-bond donors (Lipinski definition) is 3. The molecule has 238 valence electrons. The van der Waals surface area contributed by atoms with Crippen molar-refractivity contribution in [1.29, 1.82) is 0 Å². The molecule has 0 aliphatic rings. The number of phenolic OH excluding ortho intramolecular Hbond substituents is 1. The first-order valence-electron chi connectivity index (χ1n) is 14.7. The predicted octanol–water partition coefficient (Wildman–Crippen LogP) is 7.12. The number of amides is 1.